The molecule has 0 amide bonds. The minimum atomic E-state index is 0.349. The molecule has 0 aliphatic carbocycles. The number of rotatable bonds is 5. The normalized spacial score (nSPS) is 10.0. The molecule has 0 fully saturated rings. The van der Waals surface area contributed by atoms with Crippen LogP contribution in [0.2, 0.25) is 5.02 Å². The second-order valence-electron chi connectivity index (χ2n) is 4.21. The van der Waals surface area contributed by atoms with Crippen molar-refractivity contribution in [3.05, 3.63) is 56.1 Å². The van der Waals surface area contributed by atoms with E-state index in [1.165, 1.54) is 0 Å². The highest BCUT2D eigenvalue weighted by Gasteiger charge is 2.13. The number of hydrogen-bond acceptors (Lipinski definition) is 3. The summed E-state index contributed by atoms with van der Waals surface area (Å²) in [5.41, 5.74) is 1.45. The van der Waals surface area contributed by atoms with E-state index < -0.39 is 0 Å². The average Bonchev–Trinajstić information content (AvgIpc) is 2.48. The molecular formula is C16H13ClINO2. The van der Waals surface area contributed by atoms with Crippen LogP contribution in [0.3, 0.4) is 0 Å². The summed E-state index contributed by atoms with van der Waals surface area (Å²) in [6.07, 6.45) is 0. The Labute approximate surface area is 142 Å². The third-order valence-corrected chi connectivity index (χ3v) is 3.94. The van der Waals surface area contributed by atoms with Crippen molar-refractivity contribution in [2.75, 3.05) is 6.61 Å². The fourth-order valence-electron chi connectivity index (χ4n) is 1.80. The summed E-state index contributed by atoms with van der Waals surface area (Å²) in [5, 5.41) is 9.69. The van der Waals surface area contributed by atoms with E-state index in [9.17, 15) is 0 Å². The molecule has 5 heteroatoms. The van der Waals surface area contributed by atoms with Crippen molar-refractivity contribution < 1.29 is 9.47 Å². The first-order chi connectivity index (χ1) is 10.2. The van der Waals surface area contributed by atoms with Gasteiger partial charge in [-0.25, -0.2) is 0 Å². The molecule has 0 spiro atoms. The zero-order valence-corrected chi connectivity index (χ0v) is 14.3. The summed E-state index contributed by atoms with van der Waals surface area (Å²) < 4.78 is 12.3. The second-order valence-corrected chi connectivity index (χ2v) is 5.78. The smallest absolute Gasteiger partial charge is 0.175 e. The second kappa shape index (κ2) is 7.53. The first kappa shape index (κ1) is 15.9. The van der Waals surface area contributed by atoms with Crippen LogP contribution >= 0.6 is 34.2 Å². The SMILES string of the molecule is CCOc1cc(C#N)cc(I)c1OCc1ccccc1Cl. The van der Waals surface area contributed by atoms with Crippen LogP contribution in [-0.4, -0.2) is 6.61 Å². The van der Waals surface area contributed by atoms with Gasteiger partial charge in [0, 0.05) is 16.7 Å². The van der Waals surface area contributed by atoms with Crippen molar-refractivity contribution in [1.82, 2.24) is 0 Å². The Morgan fingerprint density at radius 3 is 2.67 bits per heavy atom. The largest absolute Gasteiger partial charge is 0.490 e. The quantitative estimate of drug-likeness (QED) is 0.662. The van der Waals surface area contributed by atoms with Crippen molar-refractivity contribution in [3.63, 3.8) is 0 Å². The maximum atomic E-state index is 9.02. The molecule has 0 saturated carbocycles. The highest BCUT2D eigenvalue weighted by atomic mass is 127. The molecular weight excluding hydrogens is 401 g/mol. The minimum absolute atomic E-state index is 0.349. The lowest BCUT2D eigenvalue weighted by Gasteiger charge is -2.14. The van der Waals surface area contributed by atoms with Gasteiger partial charge >= 0.3 is 0 Å². The molecule has 0 N–H and O–H groups in total. The fraction of sp³-hybridized carbons (Fsp3) is 0.188. The zero-order chi connectivity index (χ0) is 15.2. The van der Waals surface area contributed by atoms with Gasteiger partial charge in [0.2, 0.25) is 0 Å². The molecule has 0 aliphatic heterocycles. The molecule has 3 nitrogen and oxygen atoms in total. The maximum Gasteiger partial charge on any atom is 0.175 e. The van der Waals surface area contributed by atoms with E-state index >= 15 is 0 Å². The first-order valence-corrected chi connectivity index (χ1v) is 7.84. The van der Waals surface area contributed by atoms with Crippen LogP contribution in [-0.2, 0) is 6.61 Å². The van der Waals surface area contributed by atoms with Gasteiger partial charge in [-0.2, -0.15) is 5.26 Å². The van der Waals surface area contributed by atoms with Gasteiger partial charge < -0.3 is 9.47 Å². The third kappa shape index (κ3) is 4.02. The van der Waals surface area contributed by atoms with Crippen LogP contribution < -0.4 is 9.47 Å². The minimum Gasteiger partial charge on any atom is -0.490 e. The van der Waals surface area contributed by atoms with Crippen molar-refractivity contribution >= 4 is 34.2 Å². The standard InChI is InChI=1S/C16H13ClINO2/c1-2-20-15-8-11(9-19)7-14(18)16(15)21-10-12-5-3-4-6-13(12)17/h3-8H,2,10H2,1H3. The van der Waals surface area contributed by atoms with Gasteiger partial charge in [-0.05, 0) is 41.6 Å². The molecule has 0 saturated heterocycles. The predicted octanol–water partition coefficient (Wildman–Crippen LogP) is 4.79. The van der Waals surface area contributed by atoms with E-state index in [4.69, 9.17) is 26.3 Å². The topological polar surface area (TPSA) is 42.2 Å². The van der Waals surface area contributed by atoms with Gasteiger partial charge in [-0.1, -0.05) is 29.8 Å². The fourth-order valence-corrected chi connectivity index (χ4v) is 2.75. The van der Waals surface area contributed by atoms with E-state index in [2.05, 4.69) is 28.7 Å². The van der Waals surface area contributed by atoms with Crippen LogP contribution in [0, 0.1) is 14.9 Å². The summed E-state index contributed by atoms with van der Waals surface area (Å²) >= 11 is 8.26. The van der Waals surface area contributed by atoms with Crippen molar-refractivity contribution in [1.29, 1.82) is 5.26 Å². The van der Waals surface area contributed by atoms with Crippen LogP contribution in [0.4, 0.5) is 0 Å². The lowest BCUT2D eigenvalue weighted by Crippen LogP contribution is -2.02. The molecule has 108 valence electrons. The number of hydrogen-bond donors (Lipinski definition) is 0. The molecule has 2 rings (SSSR count). The lowest BCUT2D eigenvalue weighted by atomic mass is 10.2. The number of nitrogens with zero attached hydrogens (tertiary/aromatic N) is 1. The summed E-state index contributed by atoms with van der Waals surface area (Å²) in [5.74, 6) is 1.21. The Kier molecular flexibility index (Phi) is 5.71. The van der Waals surface area contributed by atoms with Gasteiger partial charge in [0.15, 0.2) is 11.5 Å². The Balaban J connectivity index is 2.27. The van der Waals surface area contributed by atoms with Crippen molar-refractivity contribution in [2.45, 2.75) is 13.5 Å². The summed E-state index contributed by atoms with van der Waals surface area (Å²) in [6.45, 7) is 2.75. The molecule has 0 heterocycles. The number of nitriles is 1. The summed E-state index contributed by atoms with van der Waals surface area (Å²) in [7, 11) is 0. The van der Waals surface area contributed by atoms with E-state index in [-0.39, 0.29) is 0 Å². The molecule has 0 unspecified atom stereocenters. The highest BCUT2D eigenvalue weighted by Crippen LogP contribution is 2.35. The van der Waals surface area contributed by atoms with Crippen LogP contribution in [0.25, 0.3) is 0 Å². The van der Waals surface area contributed by atoms with Crippen molar-refractivity contribution in [3.8, 4) is 17.6 Å². The molecule has 0 bridgehead atoms. The maximum absolute atomic E-state index is 9.02. The number of ether oxygens (including phenoxy) is 2. The van der Waals surface area contributed by atoms with E-state index in [0.29, 0.717) is 35.3 Å². The van der Waals surface area contributed by atoms with Gasteiger partial charge in [0.1, 0.15) is 6.61 Å². The molecule has 21 heavy (non-hydrogen) atoms. The Hall–Kier alpha value is -1.45. The monoisotopic (exact) mass is 413 g/mol. The third-order valence-electron chi connectivity index (χ3n) is 2.77. The highest BCUT2D eigenvalue weighted by molar-refractivity contribution is 14.1. The predicted molar refractivity (Wildman–Crippen MR) is 90.8 cm³/mol. The first-order valence-electron chi connectivity index (χ1n) is 6.38. The van der Waals surface area contributed by atoms with Gasteiger partial charge in [0.25, 0.3) is 0 Å². The zero-order valence-electron chi connectivity index (χ0n) is 11.4. The Morgan fingerprint density at radius 2 is 2.00 bits per heavy atom. The average molecular weight is 414 g/mol. The van der Waals surface area contributed by atoms with Gasteiger partial charge in [-0.15, -0.1) is 0 Å². The lowest BCUT2D eigenvalue weighted by molar-refractivity contribution is 0.267. The van der Waals surface area contributed by atoms with Crippen LogP contribution in [0.1, 0.15) is 18.1 Å². The molecule has 0 aromatic heterocycles. The Bertz CT molecular complexity index is 682. The molecule has 2 aromatic carbocycles. The molecule has 0 aliphatic rings. The van der Waals surface area contributed by atoms with E-state index in [1.807, 2.05) is 31.2 Å². The summed E-state index contributed by atoms with van der Waals surface area (Å²) in [4.78, 5) is 0. The molecule has 0 radical (unpaired) electrons. The van der Waals surface area contributed by atoms with Gasteiger partial charge in [-0.3, -0.25) is 0 Å². The molecule has 2 aromatic rings. The number of halogens is 2. The number of benzene rings is 2. The molecule has 0 atom stereocenters. The van der Waals surface area contributed by atoms with E-state index in [1.54, 1.807) is 12.1 Å². The van der Waals surface area contributed by atoms with Crippen molar-refractivity contribution in [2.24, 2.45) is 0 Å². The van der Waals surface area contributed by atoms with Gasteiger partial charge in [0.05, 0.1) is 21.8 Å². The van der Waals surface area contributed by atoms with Crippen LogP contribution in [0.15, 0.2) is 36.4 Å². The van der Waals surface area contributed by atoms with E-state index in [0.717, 1.165) is 9.13 Å². The van der Waals surface area contributed by atoms with Crippen LogP contribution in [0.5, 0.6) is 11.5 Å². The summed E-state index contributed by atoms with van der Waals surface area (Å²) in [6, 6.07) is 13.1. The Morgan fingerprint density at radius 1 is 1.24 bits per heavy atom.